The van der Waals surface area contributed by atoms with Crippen LogP contribution in [0.5, 0.6) is 0 Å². The van der Waals surface area contributed by atoms with Gasteiger partial charge in [0.1, 0.15) is 22.8 Å². The summed E-state index contributed by atoms with van der Waals surface area (Å²) in [6, 6.07) is 0.735. The largest absolute Gasteiger partial charge is 0.451 e. The molecule has 0 aromatic carbocycles. The van der Waals surface area contributed by atoms with Crippen LogP contribution in [0, 0.1) is 6.92 Å². The molecule has 108 valence electrons. The standard InChI is InChI=1S/C11H10ClF3N4O/c1-5-4-16-9(20-5)6(2)17-8-3-7(12)18-10(19-8)11(13,14)15/h3-4,6H,1-2H3,(H,17,18,19). The topological polar surface area (TPSA) is 63.8 Å². The van der Waals surface area contributed by atoms with E-state index in [1.54, 1.807) is 13.8 Å². The van der Waals surface area contributed by atoms with E-state index in [0.29, 0.717) is 11.7 Å². The SMILES string of the molecule is Cc1cnc(C(C)Nc2cc(Cl)nc(C(F)(F)F)n2)o1. The van der Waals surface area contributed by atoms with E-state index < -0.39 is 18.0 Å². The molecule has 0 aliphatic rings. The zero-order valence-corrected chi connectivity index (χ0v) is 11.2. The van der Waals surface area contributed by atoms with E-state index in [1.165, 1.54) is 12.3 Å². The fourth-order valence-electron chi connectivity index (χ4n) is 1.47. The van der Waals surface area contributed by atoms with Gasteiger partial charge in [0.25, 0.3) is 0 Å². The lowest BCUT2D eigenvalue weighted by atomic mass is 10.3. The minimum atomic E-state index is -4.66. The summed E-state index contributed by atoms with van der Waals surface area (Å²) in [5.74, 6) is -0.417. The van der Waals surface area contributed by atoms with E-state index in [2.05, 4.69) is 20.3 Å². The summed E-state index contributed by atoms with van der Waals surface area (Å²) >= 11 is 5.56. The molecule has 0 aliphatic heterocycles. The molecule has 9 heteroatoms. The highest BCUT2D eigenvalue weighted by atomic mass is 35.5. The molecule has 5 nitrogen and oxygen atoms in total. The van der Waals surface area contributed by atoms with Crippen molar-refractivity contribution < 1.29 is 17.6 Å². The van der Waals surface area contributed by atoms with Crippen molar-refractivity contribution in [2.45, 2.75) is 26.1 Å². The molecule has 0 spiro atoms. The van der Waals surface area contributed by atoms with E-state index in [-0.39, 0.29) is 11.0 Å². The van der Waals surface area contributed by atoms with Gasteiger partial charge in [-0.25, -0.2) is 15.0 Å². The third kappa shape index (κ3) is 3.38. The molecular formula is C11H10ClF3N4O. The summed E-state index contributed by atoms with van der Waals surface area (Å²) in [6.07, 6.45) is -3.15. The van der Waals surface area contributed by atoms with Gasteiger partial charge in [-0.1, -0.05) is 11.6 Å². The molecule has 2 aromatic rings. The summed E-state index contributed by atoms with van der Waals surface area (Å²) in [5.41, 5.74) is 0. The molecule has 1 atom stereocenters. The van der Waals surface area contributed by atoms with Gasteiger partial charge in [-0.3, -0.25) is 0 Å². The first-order chi connectivity index (χ1) is 9.25. The number of halogens is 4. The molecule has 0 fully saturated rings. The number of rotatable bonds is 3. The molecule has 2 aromatic heterocycles. The van der Waals surface area contributed by atoms with E-state index >= 15 is 0 Å². The lowest BCUT2D eigenvalue weighted by Gasteiger charge is -2.13. The molecule has 0 radical (unpaired) electrons. The van der Waals surface area contributed by atoms with Gasteiger partial charge in [-0.15, -0.1) is 0 Å². The fourth-order valence-corrected chi connectivity index (χ4v) is 1.66. The summed E-state index contributed by atoms with van der Waals surface area (Å²) in [5, 5.41) is 2.43. The lowest BCUT2D eigenvalue weighted by Crippen LogP contribution is -2.15. The Bertz CT molecular complexity index is 614. The van der Waals surface area contributed by atoms with E-state index in [4.69, 9.17) is 16.0 Å². The molecule has 0 amide bonds. The average molecular weight is 307 g/mol. The second-order valence-corrected chi connectivity index (χ2v) is 4.46. The predicted molar refractivity (Wildman–Crippen MR) is 65.3 cm³/mol. The first-order valence-electron chi connectivity index (χ1n) is 5.56. The Morgan fingerprint density at radius 1 is 1.35 bits per heavy atom. The van der Waals surface area contributed by atoms with Gasteiger partial charge in [-0.05, 0) is 13.8 Å². The van der Waals surface area contributed by atoms with Crippen molar-refractivity contribution in [3.8, 4) is 0 Å². The van der Waals surface area contributed by atoms with Crippen LogP contribution in [0.25, 0.3) is 0 Å². The van der Waals surface area contributed by atoms with Crippen LogP contribution in [0.1, 0.15) is 30.4 Å². The van der Waals surface area contributed by atoms with Gasteiger partial charge < -0.3 is 9.73 Å². The van der Waals surface area contributed by atoms with Gasteiger partial charge in [0.15, 0.2) is 0 Å². The van der Waals surface area contributed by atoms with Crippen LogP contribution in [0.3, 0.4) is 0 Å². The van der Waals surface area contributed by atoms with E-state index in [0.717, 1.165) is 0 Å². The number of oxazole rings is 1. The minimum Gasteiger partial charge on any atom is -0.444 e. The van der Waals surface area contributed by atoms with Crippen molar-refractivity contribution in [1.29, 1.82) is 0 Å². The van der Waals surface area contributed by atoms with Crippen molar-refractivity contribution in [3.63, 3.8) is 0 Å². The lowest BCUT2D eigenvalue weighted by molar-refractivity contribution is -0.144. The summed E-state index contributed by atoms with van der Waals surface area (Å²) < 4.78 is 43.0. The summed E-state index contributed by atoms with van der Waals surface area (Å²) in [7, 11) is 0. The number of hydrogen-bond acceptors (Lipinski definition) is 5. The molecule has 1 unspecified atom stereocenters. The van der Waals surface area contributed by atoms with Crippen molar-refractivity contribution in [2.75, 3.05) is 5.32 Å². The summed E-state index contributed by atoms with van der Waals surface area (Å²) in [6.45, 7) is 3.39. The van der Waals surface area contributed by atoms with Crippen LogP contribution in [0.15, 0.2) is 16.7 Å². The second-order valence-electron chi connectivity index (χ2n) is 4.07. The number of anilines is 1. The Balaban J connectivity index is 2.23. The van der Waals surface area contributed by atoms with Crippen molar-refractivity contribution >= 4 is 17.4 Å². The molecule has 0 aliphatic carbocycles. The van der Waals surface area contributed by atoms with Gasteiger partial charge in [0.05, 0.1) is 6.20 Å². The Morgan fingerprint density at radius 3 is 2.60 bits per heavy atom. The monoisotopic (exact) mass is 306 g/mol. The first-order valence-corrected chi connectivity index (χ1v) is 5.94. The number of alkyl halides is 3. The van der Waals surface area contributed by atoms with Gasteiger partial charge >= 0.3 is 6.18 Å². The van der Waals surface area contributed by atoms with Crippen LogP contribution in [-0.4, -0.2) is 15.0 Å². The van der Waals surface area contributed by atoms with E-state index in [9.17, 15) is 13.2 Å². The van der Waals surface area contributed by atoms with Crippen molar-refractivity contribution in [1.82, 2.24) is 15.0 Å². The highest BCUT2D eigenvalue weighted by Crippen LogP contribution is 2.29. The number of nitrogens with one attached hydrogen (secondary N) is 1. The van der Waals surface area contributed by atoms with Crippen LogP contribution >= 0.6 is 11.6 Å². The Labute approximate surface area is 117 Å². The fraction of sp³-hybridized carbons (Fsp3) is 0.364. The van der Waals surface area contributed by atoms with Gasteiger partial charge in [-0.2, -0.15) is 13.2 Å². The van der Waals surface area contributed by atoms with E-state index in [1.807, 2.05) is 0 Å². The number of hydrogen-bond donors (Lipinski definition) is 1. The smallest absolute Gasteiger partial charge is 0.444 e. The molecule has 20 heavy (non-hydrogen) atoms. The highest BCUT2D eigenvalue weighted by Gasteiger charge is 2.35. The van der Waals surface area contributed by atoms with Crippen LogP contribution in [0.4, 0.5) is 19.0 Å². The zero-order chi connectivity index (χ0) is 14.9. The zero-order valence-electron chi connectivity index (χ0n) is 10.5. The maximum Gasteiger partial charge on any atom is 0.451 e. The van der Waals surface area contributed by atoms with Crippen molar-refractivity contribution in [3.05, 3.63) is 34.9 Å². The molecule has 2 heterocycles. The molecular weight excluding hydrogens is 297 g/mol. The quantitative estimate of drug-likeness (QED) is 0.877. The third-order valence-corrected chi connectivity index (χ3v) is 2.52. The number of aromatic nitrogens is 3. The average Bonchev–Trinajstić information content (AvgIpc) is 2.74. The maximum atomic E-state index is 12.6. The minimum absolute atomic E-state index is 0.0549. The van der Waals surface area contributed by atoms with Gasteiger partial charge in [0, 0.05) is 6.07 Å². The first kappa shape index (κ1) is 14.6. The van der Waals surface area contributed by atoms with Crippen LogP contribution in [0.2, 0.25) is 5.15 Å². The number of nitrogens with zero attached hydrogens (tertiary/aromatic N) is 3. The molecule has 2 rings (SSSR count). The maximum absolute atomic E-state index is 12.6. The van der Waals surface area contributed by atoms with Crippen LogP contribution in [-0.2, 0) is 6.18 Å². The Hall–Kier alpha value is -1.83. The Morgan fingerprint density at radius 2 is 2.05 bits per heavy atom. The number of aryl methyl sites for hydroxylation is 1. The summed E-state index contributed by atoms with van der Waals surface area (Å²) in [4.78, 5) is 10.5. The second kappa shape index (κ2) is 5.28. The highest BCUT2D eigenvalue weighted by molar-refractivity contribution is 6.29. The molecule has 0 bridgehead atoms. The van der Waals surface area contributed by atoms with Gasteiger partial charge in [0.2, 0.25) is 11.7 Å². The molecule has 0 saturated heterocycles. The molecule has 0 saturated carbocycles. The Kier molecular flexibility index (Phi) is 3.85. The van der Waals surface area contributed by atoms with Crippen molar-refractivity contribution in [2.24, 2.45) is 0 Å². The predicted octanol–water partition coefficient (Wildman–Crippen LogP) is 3.62. The normalized spacial score (nSPS) is 13.3. The molecule has 1 N–H and O–H groups in total. The van der Waals surface area contributed by atoms with Crippen LogP contribution < -0.4 is 5.32 Å². The third-order valence-electron chi connectivity index (χ3n) is 2.32.